The Morgan fingerprint density at radius 1 is 1.24 bits per heavy atom. The van der Waals surface area contributed by atoms with E-state index in [-0.39, 0.29) is 12.3 Å². The molecule has 1 aromatic carbocycles. The van der Waals surface area contributed by atoms with Crippen LogP contribution in [0.25, 0.3) is 0 Å². The van der Waals surface area contributed by atoms with Crippen molar-refractivity contribution in [3.63, 3.8) is 0 Å². The summed E-state index contributed by atoms with van der Waals surface area (Å²) in [6.07, 6.45) is 1.05. The molecule has 0 radical (unpaired) electrons. The highest BCUT2D eigenvalue weighted by Crippen LogP contribution is 2.17. The molecule has 1 N–H and O–H groups in total. The minimum Gasteiger partial charge on any atom is -0.376 e. The first-order valence-electron chi connectivity index (χ1n) is 10.6. The van der Waals surface area contributed by atoms with Gasteiger partial charge < -0.3 is 15.0 Å². The van der Waals surface area contributed by atoms with E-state index in [1.807, 2.05) is 39.0 Å². The smallest absolute Gasteiger partial charge is 0.215 e. The van der Waals surface area contributed by atoms with Crippen LogP contribution in [-0.4, -0.2) is 75.2 Å². The van der Waals surface area contributed by atoms with Crippen LogP contribution in [0.1, 0.15) is 32.8 Å². The van der Waals surface area contributed by atoms with Gasteiger partial charge in [0.2, 0.25) is 10.0 Å². The summed E-state index contributed by atoms with van der Waals surface area (Å²) in [6.45, 7) is 10.9. The summed E-state index contributed by atoms with van der Waals surface area (Å²) in [5.41, 5.74) is 1.19. The molecule has 1 aliphatic rings. The Labute approximate surface area is 176 Å². The van der Waals surface area contributed by atoms with Crippen LogP contribution in [0.15, 0.2) is 35.3 Å². The van der Waals surface area contributed by atoms with Crippen LogP contribution in [0.5, 0.6) is 0 Å². The molecule has 2 rings (SSSR count). The van der Waals surface area contributed by atoms with Crippen LogP contribution in [0.4, 0.5) is 0 Å². The van der Waals surface area contributed by atoms with E-state index in [1.165, 1.54) is 9.87 Å². The fourth-order valence-electron chi connectivity index (χ4n) is 3.52. The first-order chi connectivity index (χ1) is 14.0. The summed E-state index contributed by atoms with van der Waals surface area (Å²) in [6, 6.07) is 10.2. The second-order valence-electron chi connectivity index (χ2n) is 7.24. The molecule has 29 heavy (non-hydrogen) atoms. The lowest BCUT2D eigenvalue weighted by atomic mass is 10.1. The average molecular weight is 425 g/mol. The van der Waals surface area contributed by atoms with Crippen molar-refractivity contribution in [3.05, 3.63) is 35.9 Å². The topological polar surface area (TPSA) is 74.2 Å². The maximum absolute atomic E-state index is 12.3. The first kappa shape index (κ1) is 23.6. The third-order valence-electron chi connectivity index (χ3n) is 5.10. The Morgan fingerprint density at radius 2 is 1.97 bits per heavy atom. The molecule has 0 bridgehead atoms. The van der Waals surface area contributed by atoms with Crippen LogP contribution in [0.2, 0.25) is 0 Å². The number of nitrogens with zero attached hydrogens (tertiary/aromatic N) is 3. The van der Waals surface area contributed by atoms with Crippen LogP contribution in [-0.2, 0) is 21.4 Å². The SMILES string of the molecule is CCNC(=NCCS(=O)(=O)N(CC)CC)N1CCC(COCc2ccccc2)C1. The van der Waals surface area contributed by atoms with Gasteiger partial charge in [-0.25, -0.2) is 12.7 Å². The van der Waals surface area contributed by atoms with E-state index < -0.39 is 10.0 Å². The van der Waals surface area contributed by atoms with E-state index >= 15 is 0 Å². The molecule has 1 aromatic rings. The number of nitrogens with one attached hydrogen (secondary N) is 1. The number of hydrogen-bond acceptors (Lipinski definition) is 4. The largest absolute Gasteiger partial charge is 0.376 e. The van der Waals surface area contributed by atoms with E-state index in [2.05, 4.69) is 27.3 Å². The Hall–Kier alpha value is -1.64. The first-order valence-corrected chi connectivity index (χ1v) is 12.2. The van der Waals surface area contributed by atoms with Crippen LogP contribution in [0, 0.1) is 5.92 Å². The van der Waals surface area contributed by atoms with Crippen LogP contribution < -0.4 is 5.32 Å². The average Bonchev–Trinajstić information content (AvgIpc) is 3.17. The zero-order valence-corrected chi connectivity index (χ0v) is 18.8. The van der Waals surface area contributed by atoms with E-state index in [1.54, 1.807) is 0 Å². The predicted molar refractivity (Wildman–Crippen MR) is 118 cm³/mol. The molecule has 0 amide bonds. The number of benzene rings is 1. The Balaban J connectivity index is 1.83. The highest BCUT2D eigenvalue weighted by Gasteiger charge is 2.25. The highest BCUT2D eigenvalue weighted by molar-refractivity contribution is 7.89. The van der Waals surface area contributed by atoms with Crippen molar-refractivity contribution in [2.24, 2.45) is 10.9 Å². The normalized spacial score (nSPS) is 17.9. The molecular formula is C21H36N4O3S. The molecule has 0 aromatic heterocycles. The second kappa shape index (κ2) is 12.1. The molecule has 0 aliphatic carbocycles. The van der Waals surface area contributed by atoms with Gasteiger partial charge >= 0.3 is 0 Å². The van der Waals surface area contributed by atoms with Crippen molar-refractivity contribution in [2.75, 3.05) is 51.6 Å². The van der Waals surface area contributed by atoms with Gasteiger partial charge in [0.05, 0.1) is 25.5 Å². The molecule has 7 nitrogen and oxygen atoms in total. The summed E-state index contributed by atoms with van der Waals surface area (Å²) in [5.74, 6) is 1.30. The molecule has 1 saturated heterocycles. The fourth-order valence-corrected chi connectivity index (χ4v) is 4.88. The number of sulfonamides is 1. The fraction of sp³-hybridized carbons (Fsp3) is 0.667. The molecule has 1 heterocycles. The molecule has 0 spiro atoms. The Morgan fingerprint density at radius 3 is 2.62 bits per heavy atom. The molecule has 1 fully saturated rings. The van der Waals surface area contributed by atoms with Crippen molar-refractivity contribution in [1.29, 1.82) is 0 Å². The molecular weight excluding hydrogens is 388 g/mol. The molecule has 8 heteroatoms. The maximum atomic E-state index is 12.3. The zero-order valence-electron chi connectivity index (χ0n) is 18.0. The van der Waals surface area contributed by atoms with Gasteiger partial charge in [0.25, 0.3) is 0 Å². The summed E-state index contributed by atoms with van der Waals surface area (Å²) >= 11 is 0. The van der Waals surface area contributed by atoms with E-state index in [9.17, 15) is 8.42 Å². The Kier molecular flexibility index (Phi) is 9.90. The van der Waals surface area contributed by atoms with Crippen molar-refractivity contribution < 1.29 is 13.2 Å². The van der Waals surface area contributed by atoms with Gasteiger partial charge in [-0.15, -0.1) is 0 Å². The lowest BCUT2D eigenvalue weighted by molar-refractivity contribution is 0.0907. The quantitative estimate of drug-likeness (QED) is 0.435. The van der Waals surface area contributed by atoms with Gasteiger partial charge in [0.15, 0.2) is 5.96 Å². The van der Waals surface area contributed by atoms with Crippen LogP contribution >= 0.6 is 0 Å². The minimum absolute atomic E-state index is 0.0427. The van der Waals surface area contributed by atoms with Gasteiger partial charge in [-0.05, 0) is 18.9 Å². The lowest BCUT2D eigenvalue weighted by Crippen LogP contribution is -2.41. The number of likely N-dealkylation sites (tertiary alicyclic amines) is 1. The molecule has 1 atom stereocenters. The monoisotopic (exact) mass is 424 g/mol. The van der Waals surface area contributed by atoms with Crippen molar-refractivity contribution in [3.8, 4) is 0 Å². The minimum atomic E-state index is -3.25. The molecule has 1 aliphatic heterocycles. The summed E-state index contributed by atoms with van der Waals surface area (Å²) in [7, 11) is -3.25. The van der Waals surface area contributed by atoms with Gasteiger partial charge in [-0.1, -0.05) is 44.2 Å². The highest BCUT2D eigenvalue weighted by atomic mass is 32.2. The van der Waals surface area contributed by atoms with Crippen molar-refractivity contribution >= 4 is 16.0 Å². The van der Waals surface area contributed by atoms with Gasteiger partial charge in [-0.3, -0.25) is 4.99 Å². The van der Waals surface area contributed by atoms with E-state index in [0.29, 0.717) is 25.6 Å². The zero-order chi connectivity index (χ0) is 21.1. The number of ether oxygens (including phenoxy) is 1. The predicted octanol–water partition coefficient (Wildman–Crippen LogP) is 2.16. The third kappa shape index (κ3) is 7.60. The standard InChI is InChI=1S/C21H36N4O3S/c1-4-22-21(23-13-15-29(26,27)25(5-2)6-3)24-14-12-20(16-24)18-28-17-19-10-8-7-9-11-19/h7-11,20H,4-6,12-18H2,1-3H3,(H,22,23). The Bertz CT molecular complexity index is 721. The maximum Gasteiger partial charge on any atom is 0.215 e. The molecule has 1 unspecified atom stereocenters. The summed E-state index contributed by atoms with van der Waals surface area (Å²) in [5, 5.41) is 3.30. The third-order valence-corrected chi connectivity index (χ3v) is 7.10. The number of aliphatic imine (C=N–C) groups is 1. The van der Waals surface area contributed by atoms with Crippen LogP contribution in [0.3, 0.4) is 0 Å². The summed E-state index contributed by atoms with van der Waals surface area (Å²) in [4.78, 5) is 6.79. The van der Waals surface area contributed by atoms with Crippen molar-refractivity contribution in [1.82, 2.24) is 14.5 Å². The lowest BCUT2D eigenvalue weighted by Gasteiger charge is -2.22. The van der Waals surface area contributed by atoms with E-state index in [0.717, 1.165) is 38.6 Å². The molecule has 0 saturated carbocycles. The number of guanidine groups is 1. The van der Waals surface area contributed by atoms with Crippen molar-refractivity contribution in [2.45, 2.75) is 33.8 Å². The number of hydrogen-bond donors (Lipinski definition) is 1. The van der Waals surface area contributed by atoms with E-state index in [4.69, 9.17) is 4.74 Å². The molecule has 164 valence electrons. The van der Waals surface area contributed by atoms with Gasteiger partial charge in [-0.2, -0.15) is 0 Å². The van der Waals surface area contributed by atoms with Gasteiger partial charge in [0.1, 0.15) is 0 Å². The number of rotatable bonds is 11. The summed E-state index contributed by atoms with van der Waals surface area (Å²) < 4.78 is 32.1. The van der Waals surface area contributed by atoms with Gasteiger partial charge in [0, 0.05) is 38.6 Å². The second-order valence-corrected chi connectivity index (χ2v) is 9.33.